The molecule has 1 atom stereocenters. The third-order valence-electron chi connectivity index (χ3n) is 6.14. The van der Waals surface area contributed by atoms with Crippen LogP contribution in [0.3, 0.4) is 0 Å². The first kappa shape index (κ1) is 23.4. The van der Waals surface area contributed by atoms with Crippen molar-refractivity contribution in [2.75, 3.05) is 16.8 Å². The summed E-state index contributed by atoms with van der Waals surface area (Å²) in [5, 5.41) is 3.67. The van der Waals surface area contributed by atoms with Crippen LogP contribution in [0.15, 0.2) is 30.6 Å². The second kappa shape index (κ2) is 8.53. The van der Waals surface area contributed by atoms with Crippen LogP contribution in [0.25, 0.3) is 10.9 Å². The summed E-state index contributed by atoms with van der Waals surface area (Å²) < 4.78 is 64.6. The number of hydrogen-bond acceptors (Lipinski definition) is 7. The van der Waals surface area contributed by atoms with E-state index in [-0.39, 0.29) is 29.9 Å². The van der Waals surface area contributed by atoms with Crippen LogP contribution in [0.1, 0.15) is 54.7 Å². The number of fused-ring (bicyclic) bond motifs is 1. The maximum atomic E-state index is 14.6. The van der Waals surface area contributed by atoms with E-state index in [4.69, 9.17) is 5.73 Å². The van der Waals surface area contributed by atoms with Gasteiger partial charge in [0.25, 0.3) is 6.43 Å². The average molecular weight is 480 g/mol. The molecule has 3 aromatic rings. The maximum Gasteiger partial charge on any atom is 0.266 e. The molecule has 0 aliphatic carbocycles. The summed E-state index contributed by atoms with van der Waals surface area (Å²) in [5.74, 6) is -0.632. The molecule has 0 saturated carbocycles. The highest BCUT2D eigenvalue weighted by Gasteiger charge is 2.37. The first-order valence-corrected chi connectivity index (χ1v) is 12.3. The Morgan fingerprint density at radius 1 is 1.15 bits per heavy atom. The minimum atomic E-state index is -3.12. The zero-order valence-electron chi connectivity index (χ0n) is 18.1. The van der Waals surface area contributed by atoms with Crippen LogP contribution >= 0.6 is 0 Å². The summed E-state index contributed by atoms with van der Waals surface area (Å²) >= 11 is 0. The fourth-order valence-electron chi connectivity index (χ4n) is 4.11. The lowest BCUT2D eigenvalue weighted by atomic mass is 9.88. The predicted molar refractivity (Wildman–Crippen MR) is 119 cm³/mol. The summed E-state index contributed by atoms with van der Waals surface area (Å²) in [4.78, 5) is 13.1. The van der Waals surface area contributed by atoms with E-state index in [0.717, 1.165) is 6.07 Å². The second-order valence-electron chi connectivity index (χ2n) is 8.44. The molecule has 176 valence electrons. The molecule has 1 aliphatic rings. The Hall–Kier alpha value is -2.79. The van der Waals surface area contributed by atoms with Gasteiger partial charge in [0.2, 0.25) is 0 Å². The Bertz CT molecular complexity index is 1300. The number of pyridine rings is 1. The van der Waals surface area contributed by atoms with Gasteiger partial charge in [-0.1, -0.05) is 18.2 Å². The van der Waals surface area contributed by atoms with Crippen LogP contribution in [0, 0.1) is 12.7 Å². The van der Waals surface area contributed by atoms with Crippen molar-refractivity contribution < 1.29 is 21.6 Å². The summed E-state index contributed by atoms with van der Waals surface area (Å²) in [6, 6.07) is 4.93. The Labute approximate surface area is 189 Å². The number of nitrogens with zero attached hydrogens (tertiary/aromatic N) is 3. The first-order chi connectivity index (χ1) is 15.5. The zero-order valence-corrected chi connectivity index (χ0v) is 19.0. The highest BCUT2D eigenvalue weighted by atomic mass is 32.2. The number of nitrogens with two attached hydrogens (primary N) is 1. The standard InChI is InChI=1S/C22H24F3N5O2S/c1-12(14-4-3-5-15(18(14)23)20(24)25)30-21-16-10-17(29-13(2)19(16)27-11-28-21)22(26)6-8-33(31,32)9-7-22/h3-5,10-12,20H,6-9,26H2,1-2H3,(H,27,28,30)/t12-/m1/s1. The third-order valence-corrected chi connectivity index (χ3v) is 7.79. The minimum Gasteiger partial charge on any atom is -0.363 e. The topological polar surface area (TPSA) is 111 Å². The van der Waals surface area contributed by atoms with Crippen LogP contribution in [-0.4, -0.2) is 34.9 Å². The Morgan fingerprint density at radius 3 is 2.48 bits per heavy atom. The summed E-state index contributed by atoms with van der Waals surface area (Å²) in [6.07, 6.45) is -1.10. The minimum absolute atomic E-state index is 0.0184. The highest BCUT2D eigenvalue weighted by molar-refractivity contribution is 7.91. The molecule has 1 aromatic carbocycles. The van der Waals surface area contributed by atoms with Crippen molar-refractivity contribution in [2.24, 2.45) is 5.73 Å². The number of alkyl halides is 2. The van der Waals surface area contributed by atoms with Crippen LogP contribution in [0.5, 0.6) is 0 Å². The van der Waals surface area contributed by atoms with Gasteiger partial charge < -0.3 is 11.1 Å². The lowest BCUT2D eigenvalue weighted by molar-refractivity contribution is 0.146. The monoisotopic (exact) mass is 479 g/mol. The van der Waals surface area contributed by atoms with Gasteiger partial charge in [-0.15, -0.1) is 0 Å². The Balaban J connectivity index is 1.73. The van der Waals surface area contributed by atoms with Crippen molar-refractivity contribution in [3.63, 3.8) is 0 Å². The van der Waals surface area contributed by atoms with Crippen LogP contribution in [0.4, 0.5) is 19.0 Å². The number of aromatic nitrogens is 3. The number of hydrogen-bond donors (Lipinski definition) is 2. The van der Waals surface area contributed by atoms with E-state index in [1.54, 1.807) is 19.9 Å². The largest absolute Gasteiger partial charge is 0.363 e. The van der Waals surface area contributed by atoms with E-state index in [1.807, 2.05) is 0 Å². The number of sulfone groups is 1. The van der Waals surface area contributed by atoms with E-state index in [2.05, 4.69) is 20.3 Å². The van der Waals surface area contributed by atoms with Crippen LogP contribution in [0.2, 0.25) is 0 Å². The van der Waals surface area contributed by atoms with Crippen LogP contribution in [-0.2, 0) is 15.4 Å². The van der Waals surface area contributed by atoms with Gasteiger partial charge in [-0.2, -0.15) is 0 Å². The molecule has 4 rings (SSSR count). The summed E-state index contributed by atoms with van der Waals surface area (Å²) in [5.41, 5.74) is 6.73. The van der Waals surface area contributed by atoms with Crippen molar-refractivity contribution in [2.45, 2.75) is 44.7 Å². The van der Waals surface area contributed by atoms with E-state index in [9.17, 15) is 21.6 Å². The SMILES string of the molecule is Cc1nc(C2(N)CCS(=O)(=O)CC2)cc2c(N[C@H](C)c3cccc(C(F)F)c3F)ncnc12. The molecule has 2 aromatic heterocycles. The lowest BCUT2D eigenvalue weighted by Gasteiger charge is -2.33. The molecule has 0 bridgehead atoms. The lowest BCUT2D eigenvalue weighted by Crippen LogP contribution is -2.45. The maximum absolute atomic E-state index is 14.6. The van der Waals surface area contributed by atoms with Gasteiger partial charge in [-0.25, -0.2) is 31.6 Å². The third kappa shape index (κ3) is 4.51. The molecule has 1 saturated heterocycles. The average Bonchev–Trinajstić information content (AvgIpc) is 2.76. The molecule has 1 aliphatic heterocycles. The molecule has 0 radical (unpaired) electrons. The predicted octanol–water partition coefficient (Wildman–Crippen LogP) is 3.95. The highest BCUT2D eigenvalue weighted by Crippen LogP contribution is 2.35. The van der Waals surface area contributed by atoms with Crippen molar-refractivity contribution in [3.8, 4) is 0 Å². The number of halogens is 3. The molecule has 0 spiro atoms. The van der Waals surface area contributed by atoms with Gasteiger partial charge in [0.15, 0.2) is 0 Å². The summed E-state index contributed by atoms with van der Waals surface area (Å²) in [6.45, 7) is 3.41. The second-order valence-corrected chi connectivity index (χ2v) is 10.7. The first-order valence-electron chi connectivity index (χ1n) is 10.5. The quantitative estimate of drug-likeness (QED) is 0.570. The van der Waals surface area contributed by atoms with Gasteiger partial charge >= 0.3 is 0 Å². The van der Waals surface area contributed by atoms with E-state index in [1.165, 1.54) is 18.5 Å². The number of anilines is 1. The smallest absolute Gasteiger partial charge is 0.266 e. The number of benzene rings is 1. The molecule has 0 amide bonds. The van der Waals surface area contributed by atoms with Gasteiger partial charge in [0, 0.05) is 10.9 Å². The molecule has 0 unspecified atom stereocenters. The summed E-state index contributed by atoms with van der Waals surface area (Å²) in [7, 11) is -3.12. The fraction of sp³-hybridized carbons (Fsp3) is 0.409. The van der Waals surface area contributed by atoms with Gasteiger partial charge in [-0.3, -0.25) is 4.98 Å². The molecule has 1 fully saturated rings. The van der Waals surface area contributed by atoms with Crippen molar-refractivity contribution in [3.05, 3.63) is 58.9 Å². The number of aryl methyl sites for hydroxylation is 1. The number of rotatable bonds is 5. The zero-order chi connectivity index (χ0) is 24.0. The normalized spacial score (nSPS) is 18.4. The van der Waals surface area contributed by atoms with Crippen molar-refractivity contribution >= 4 is 26.6 Å². The molecule has 7 nitrogen and oxygen atoms in total. The van der Waals surface area contributed by atoms with Gasteiger partial charge in [0.05, 0.1) is 45.6 Å². The van der Waals surface area contributed by atoms with Crippen molar-refractivity contribution in [1.82, 2.24) is 15.0 Å². The molecule has 33 heavy (non-hydrogen) atoms. The molecule has 11 heteroatoms. The molecule has 3 heterocycles. The van der Waals surface area contributed by atoms with Crippen LogP contribution < -0.4 is 11.1 Å². The fourth-order valence-corrected chi connectivity index (χ4v) is 5.66. The molecular weight excluding hydrogens is 455 g/mol. The molecular formula is C22H24F3N5O2S. The van der Waals surface area contributed by atoms with Gasteiger partial charge in [0.1, 0.15) is 27.8 Å². The van der Waals surface area contributed by atoms with E-state index >= 15 is 0 Å². The van der Waals surface area contributed by atoms with Gasteiger partial charge in [-0.05, 0) is 32.8 Å². The Kier molecular flexibility index (Phi) is 6.04. The molecule has 3 N–H and O–H groups in total. The van der Waals surface area contributed by atoms with Crippen molar-refractivity contribution in [1.29, 1.82) is 0 Å². The Morgan fingerprint density at radius 2 is 1.82 bits per heavy atom. The number of nitrogens with one attached hydrogen (secondary N) is 1. The van der Waals surface area contributed by atoms with E-state index in [0.29, 0.717) is 28.1 Å². The van der Waals surface area contributed by atoms with E-state index < -0.39 is 39.2 Å².